The van der Waals surface area contributed by atoms with Crippen LogP contribution >= 0.6 is 43.2 Å². The first kappa shape index (κ1) is 12.6. The van der Waals surface area contributed by atoms with Crippen molar-refractivity contribution in [3.63, 3.8) is 0 Å². The number of halogens is 2. The molecule has 1 amide bonds. The van der Waals surface area contributed by atoms with Crippen molar-refractivity contribution >= 4 is 49.1 Å². The standard InChI is InChI=1S/C11H13Br2NOS/c1-7-6-9(16-10(7)13)11(15)14-4-2-8(12)3-5-14/h6,8H,2-5H2,1H3. The highest BCUT2D eigenvalue weighted by Gasteiger charge is 2.23. The van der Waals surface area contributed by atoms with Crippen LogP contribution in [0, 0.1) is 6.92 Å². The number of hydrogen-bond acceptors (Lipinski definition) is 2. The van der Waals surface area contributed by atoms with Gasteiger partial charge in [0.1, 0.15) is 0 Å². The molecule has 0 spiro atoms. The van der Waals surface area contributed by atoms with Crippen molar-refractivity contribution < 1.29 is 4.79 Å². The summed E-state index contributed by atoms with van der Waals surface area (Å²) >= 11 is 8.58. The Morgan fingerprint density at radius 1 is 1.50 bits per heavy atom. The van der Waals surface area contributed by atoms with Crippen molar-refractivity contribution in [1.29, 1.82) is 0 Å². The van der Waals surface area contributed by atoms with E-state index >= 15 is 0 Å². The highest BCUT2D eigenvalue weighted by molar-refractivity contribution is 9.11. The second kappa shape index (κ2) is 5.19. The van der Waals surface area contributed by atoms with Gasteiger partial charge in [0.2, 0.25) is 0 Å². The minimum atomic E-state index is 0.179. The molecule has 0 atom stereocenters. The van der Waals surface area contributed by atoms with Gasteiger partial charge in [0.05, 0.1) is 8.66 Å². The number of aryl methyl sites for hydroxylation is 1. The largest absolute Gasteiger partial charge is 0.338 e. The molecule has 2 nitrogen and oxygen atoms in total. The Balaban J connectivity index is 2.07. The van der Waals surface area contributed by atoms with E-state index in [2.05, 4.69) is 31.9 Å². The van der Waals surface area contributed by atoms with Crippen molar-refractivity contribution in [3.8, 4) is 0 Å². The summed E-state index contributed by atoms with van der Waals surface area (Å²) in [5, 5.41) is 0. The number of carbonyl (C=O) groups is 1. The van der Waals surface area contributed by atoms with Gasteiger partial charge in [-0.3, -0.25) is 4.79 Å². The Labute approximate surface area is 116 Å². The molecule has 0 saturated carbocycles. The van der Waals surface area contributed by atoms with Gasteiger partial charge < -0.3 is 4.90 Å². The lowest BCUT2D eigenvalue weighted by Crippen LogP contribution is -2.38. The van der Waals surface area contributed by atoms with E-state index in [4.69, 9.17) is 0 Å². The van der Waals surface area contributed by atoms with E-state index in [0.717, 1.165) is 40.2 Å². The Hall–Kier alpha value is 0.130. The molecule has 2 heterocycles. The normalized spacial score (nSPS) is 17.8. The number of nitrogens with zero attached hydrogens (tertiary/aromatic N) is 1. The average Bonchev–Trinajstić information content (AvgIpc) is 2.59. The van der Waals surface area contributed by atoms with Crippen LogP contribution in [0.4, 0.5) is 0 Å². The first-order valence-electron chi connectivity index (χ1n) is 5.27. The van der Waals surface area contributed by atoms with Crippen LogP contribution in [-0.4, -0.2) is 28.7 Å². The average molecular weight is 367 g/mol. The molecule has 0 bridgehead atoms. The van der Waals surface area contributed by atoms with Crippen LogP contribution in [0.2, 0.25) is 0 Å². The summed E-state index contributed by atoms with van der Waals surface area (Å²) in [7, 11) is 0. The van der Waals surface area contributed by atoms with E-state index in [1.54, 1.807) is 0 Å². The maximum Gasteiger partial charge on any atom is 0.263 e. The lowest BCUT2D eigenvalue weighted by Gasteiger charge is -2.29. The van der Waals surface area contributed by atoms with Gasteiger partial charge in [0, 0.05) is 17.9 Å². The number of thiophene rings is 1. The molecule has 16 heavy (non-hydrogen) atoms. The molecule has 1 aliphatic heterocycles. The predicted molar refractivity (Wildman–Crippen MR) is 74.6 cm³/mol. The van der Waals surface area contributed by atoms with Crippen molar-refractivity contribution in [2.45, 2.75) is 24.6 Å². The molecule has 0 aliphatic carbocycles. The van der Waals surface area contributed by atoms with E-state index in [0.29, 0.717) is 4.83 Å². The van der Waals surface area contributed by atoms with E-state index in [1.165, 1.54) is 11.3 Å². The number of alkyl halides is 1. The number of amides is 1. The zero-order chi connectivity index (χ0) is 11.7. The highest BCUT2D eigenvalue weighted by Crippen LogP contribution is 2.29. The maximum absolute atomic E-state index is 12.2. The maximum atomic E-state index is 12.2. The Morgan fingerprint density at radius 3 is 2.62 bits per heavy atom. The van der Waals surface area contributed by atoms with Crippen molar-refractivity contribution in [2.24, 2.45) is 0 Å². The minimum Gasteiger partial charge on any atom is -0.338 e. The van der Waals surface area contributed by atoms with Crippen LogP contribution in [0.25, 0.3) is 0 Å². The Bertz CT molecular complexity index is 377. The molecule has 0 unspecified atom stereocenters. The third kappa shape index (κ3) is 2.68. The fourth-order valence-electron chi connectivity index (χ4n) is 1.77. The molecule has 0 radical (unpaired) electrons. The first-order valence-corrected chi connectivity index (χ1v) is 7.79. The van der Waals surface area contributed by atoms with Crippen LogP contribution in [0.1, 0.15) is 28.1 Å². The summed E-state index contributed by atoms with van der Waals surface area (Å²) in [5.74, 6) is 0.179. The predicted octanol–water partition coefficient (Wildman–Crippen LogP) is 3.82. The first-order chi connectivity index (χ1) is 7.58. The third-order valence-corrected chi connectivity index (χ3v) is 5.82. The Kier molecular flexibility index (Phi) is 4.08. The highest BCUT2D eigenvalue weighted by atomic mass is 79.9. The van der Waals surface area contributed by atoms with Crippen molar-refractivity contribution in [2.75, 3.05) is 13.1 Å². The SMILES string of the molecule is Cc1cc(C(=O)N2CCC(Br)CC2)sc1Br. The van der Waals surface area contributed by atoms with Gasteiger partial charge in [-0.1, -0.05) is 15.9 Å². The van der Waals surface area contributed by atoms with Crippen LogP contribution in [-0.2, 0) is 0 Å². The number of likely N-dealkylation sites (tertiary alicyclic amines) is 1. The third-order valence-electron chi connectivity index (χ3n) is 2.78. The molecular formula is C11H13Br2NOS. The lowest BCUT2D eigenvalue weighted by molar-refractivity contribution is 0.0733. The molecule has 1 aliphatic rings. The van der Waals surface area contributed by atoms with E-state index in [1.807, 2.05) is 17.9 Å². The summed E-state index contributed by atoms with van der Waals surface area (Å²) < 4.78 is 1.06. The molecule has 1 aromatic heterocycles. The molecule has 0 N–H and O–H groups in total. The van der Waals surface area contributed by atoms with Gasteiger partial charge in [-0.15, -0.1) is 11.3 Å². The summed E-state index contributed by atoms with van der Waals surface area (Å²) in [6, 6.07) is 1.97. The quantitative estimate of drug-likeness (QED) is 0.692. The molecular weight excluding hydrogens is 354 g/mol. The zero-order valence-corrected chi connectivity index (χ0v) is 13.0. The van der Waals surface area contributed by atoms with E-state index in [9.17, 15) is 4.79 Å². The molecule has 1 aromatic rings. The zero-order valence-electron chi connectivity index (χ0n) is 9.00. The molecule has 5 heteroatoms. The fourth-order valence-corrected chi connectivity index (χ4v) is 3.68. The van der Waals surface area contributed by atoms with Gasteiger partial charge in [0.25, 0.3) is 5.91 Å². The van der Waals surface area contributed by atoms with Crippen molar-refractivity contribution in [1.82, 2.24) is 4.90 Å². The molecule has 2 rings (SSSR count). The molecule has 0 aromatic carbocycles. The van der Waals surface area contributed by atoms with Crippen molar-refractivity contribution in [3.05, 3.63) is 20.3 Å². The topological polar surface area (TPSA) is 20.3 Å². The van der Waals surface area contributed by atoms with Crippen LogP contribution in [0.3, 0.4) is 0 Å². The van der Waals surface area contributed by atoms with Gasteiger partial charge >= 0.3 is 0 Å². The smallest absolute Gasteiger partial charge is 0.263 e. The second-order valence-corrected chi connectivity index (χ2v) is 7.70. The number of hydrogen-bond donors (Lipinski definition) is 0. The number of piperidine rings is 1. The summed E-state index contributed by atoms with van der Waals surface area (Å²) in [5.41, 5.74) is 1.14. The van der Waals surface area contributed by atoms with Gasteiger partial charge in [-0.25, -0.2) is 0 Å². The van der Waals surface area contributed by atoms with Crippen LogP contribution in [0.15, 0.2) is 9.85 Å². The Morgan fingerprint density at radius 2 is 2.12 bits per heavy atom. The summed E-state index contributed by atoms with van der Waals surface area (Å²) in [6.45, 7) is 3.74. The fraction of sp³-hybridized carbons (Fsp3) is 0.545. The van der Waals surface area contributed by atoms with Gasteiger partial charge in [-0.2, -0.15) is 0 Å². The minimum absolute atomic E-state index is 0.179. The van der Waals surface area contributed by atoms with Crippen LogP contribution in [0.5, 0.6) is 0 Å². The van der Waals surface area contributed by atoms with Gasteiger partial charge in [-0.05, 0) is 47.3 Å². The van der Waals surface area contributed by atoms with Gasteiger partial charge in [0.15, 0.2) is 0 Å². The van der Waals surface area contributed by atoms with Crippen LogP contribution < -0.4 is 0 Å². The summed E-state index contributed by atoms with van der Waals surface area (Å²) in [4.78, 5) is 15.5. The second-order valence-electron chi connectivity index (χ2n) is 4.03. The molecule has 88 valence electrons. The van der Waals surface area contributed by atoms with E-state index < -0.39 is 0 Å². The molecule has 1 fully saturated rings. The lowest BCUT2D eigenvalue weighted by atomic mass is 10.1. The van der Waals surface area contributed by atoms with E-state index in [-0.39, 0.29) is 5.91 Å². The number of rotatable bonds is 1. The monoisotopic (exact) mass is 365 g/mol. The number of carbonyl (C=O) groups excluding carboxylic acids is 1. The molecule has 1 saturated heterocycles. The summed E-state index contributed by atoms with van der Waals surface area (Å²) in [6.07, 6.45) is 2.11.